The van der Waals surface area contributed by atoms with E-state index in [0.29, 0.717) is 0 Å². The van der Waals surface area contributed by atoms with E-state index in [4.69, 9.17) is 5.73 Å². The first-order valence-corrected chi connectivity index (χ1v) is 7.13. The van der Waals surface area contributed by atoms with Crippen LogP contribution in [0.15, 0.2) is 48.9 Å². The Kier molecular flexibility index (Phi) is 3.83. The van der Waals surface area contributed by atoms with Crippen molar-refractivity contribution in [1.29, 1.82) is 0 Å². The molecule has 2 aromatic heterocycles. The minimum atomic E-state index is -0.137. The highest BCUT2D eigenvalue weighted by Gasteiger charge is 2.12. The molecule has 0 saturated heterocycles. The number of imidazole rings is 1. The molecule has 0 aliphatic rings. The van der Waals surface area contributed by atoms with Gasteiger partial charge in [-0.25, -0.2) is 4.98 Å². The average Bonchev–Trinajstić information content (AvgIpc) is 3.17. The van der Waals surface area contributed by atoms with Gasteiger partial charge in [-0.1, -0.05) is 30.3 Å². The highest BCUT2D eigenvalue weighted by Crippen LogP contribution is 2.19. The van der Waals surface area contributed by atoms with Crippen molar-refractivity contribution in [3.8, 4) is 11.3 Å². The van der Waals surface area contributed by atoms with Crippen LogP contribution in [0.1, 0.15) is 24.4 Å². The lowest BCUT2D eigenvalue weighted by Crippen LogP contribution is -2.14. The van der Waals surface area contributed by atoms with Gasteiger partial charge in [0, 0.05) is 18.3 Å². The molecule has 0 saturated carbocycles. The number of nitrogens with zero attached hydrogens (tertiary/aromatic N) is 3. The van der Waals surface area contributed by atoms with Crippen molar-refractivity contribution in [2.24, 2.45) is 5.73 Å². The Balaban J connectivity index is 1.75. The van der Waals surface area contributed by atoms with E-state index in [0.717, 1.165) is 30.0 Å². The molecule has 0 radical (unpaired) electrons. The van der Waals surface area contributed by atoms with Crippen molar-refractivity contribution >= 4 is 0 Å². The fourth-order valence-corrected chi connectivity index (χ4v) is 2.31. The normalized spacial score (nSPS) is 12.5. The second kappa shape index (κ2) is 5.93. The number of aromatic nitrogens is 4. The zero-order chi connectivity index (χ0) is 14.7. The molecule has 2 heterocycles. The largest absolute Gasteiger partial charge is 0.341 e. The van der Waals surface area contributed by atoms with Crippen LogP contribution < -0.4 is 5.73 Å². The first-order chi connectivity index (χ1) is 10.3. The lowest BCUT2D eigenvalue weighted by atomic mass is 10.1. The zero-order valence-electron chi connectivity index (χ0n) is 12.0. The topological polar surface area (TPSA) is 72.5 Å². The van der Waals surface area contributed by atoms with Gasteiger partial charge in [-0.05, 0) is 18.9 Å². The fourth-order valence-electron chi connectivity index (χ4n) is 2.31. The predicted molar refractivity (Wildman–Crippen MR) is 82.6 cm³/mol. The summed E-state index contributed by atoms with van der Waals surface area (Å²) >= 11 is 0. The molecule has 1 atom stereocenters. The van der Waals surface area contributed by atoms with Crippen LogP contribution in [0.3, 0.4) is 0 Å². The lowest BCUT2D eigenvalue weighted by Gasteiger charge is -2.08. The monoisotopic (exact) mass is 281 g/mol. The Hall–Kier alpha value is -2.40. The maximum atomic E-state index is 6.24. The highest BCUT2D eigenvalue weighted by molar-refractivity contribution is 5.56. The number of hydrogen-bond acceptors (Lipinski definition) is 3. The van der Waals surface area contributed by atoms with E-state index in [1.165, 1.54) is 5.56 Å². The van der Waals surface area contributed by atoms with Gasteiger partial charge in [0.15, 0.2) is 0 Å². The summed E-state index contributed by atoms with van der Waals surface area (Å²) in [5.41, 5.74) is 9.43. The smallest absolute Gasteiger partial charge is 0.123 e. The van der Waals surface area contributed by atoms with E-state index in [-0.39, 0.29) is 6.04 Å². The molecule has 21 heavy (non-hydrogen) atoms. The molecule has 108 valence electrons. The Morgan fingerprint density at radius 3 is 2.76 bits per heavy atom. The van der Waals surface area contributed by atoms with Gasteiger partial charge in [-0.15, -0.1) is 0 Å². The van der Waals surface area contributed by atoms with Crippen LogP contribution in [0.2, 0.25) is 0 Å². The third kappa shape index (κ3) is 3.03. The van der Waals surface area contributed by atoms with Gasteiger partial charge in [0.05, 0.1) is 24.1 Å². The Morgan fingerprint density at radius 2 is 2.05 bits per heavy atom. The number of rotatable bonds is 5. The molecule has 5 heteroatoms. The summed E-state index contributed by atoms with van der Waals surface area (Å²) in [4.78, 5) is 7.70. The summed E-state index contributed by atoms with van der Waals surface area (Å²) in [5.74, 6) is 0.804. The summed E-state index contributed by atoms with van der Waals surface area (Å²) in [6.07, 6.45) is 6.42. The minimum absolute atomic E-state index is 0.137. The van der Waals surface area contributed by atoms with Gasteiger partial charge in [-0.3, -0.25) is 4.68 Å². The summed E-state index contributed by atoms with van der Waals surface area (Å²) in [7, 11) is 0. The molecule has 0 amide bonds. The molecular weight excluding hydrogens is 262 g/mol. The predicted octanol–water partition coefficient (Wildman–Crippen LogP) is 2.54. The zero-order valence-corrected chi connectivity index (χ0v) is 12.0. The lowest BCUT2D eigenvalue weighted by molar-refractivity contribution is 0.660. The van der Waals surface area contributed by atoms with Crippen LogP contribution in [0.4, 0.5) is 0 Å². The van der Waals surface area contributed by atoms with E-state index in [2.05, 4.69) is 34.1 Å². The molecule has 1 aromatic carbocycles. The summed E-state index contributed by atoms with van der Waals surface area (Å²) in [6, 6.07) is 10.1. The first kappa shape index (κ1) is 13.6. The number of H-pyrrole nitrogens is 1. The fraction of sp³-hybridized carbons (Fsp3) is 0.250. The Bertz CT molecular complexity index is 698. The minimum Gasteiger partial charge on any atom is -0.341 e. The molecular formula is C16H19N5. The van der Waals surface area contributed by atoms with Crippen molar-refractivity contribution in [1.82, 2.24) is 19.7 Å². The maximum Gasteiger partial charge on any atom is 0.123 e. The molecule has 1 unspecified atom stereocenters. The molecule has 0 fully saturated rings. The number of nitrogens with two attached hydrogens (primary N) is 1. The second-order valence-electron chi connectivity index (χ2n) is 5.06. The van der Waals surface area contributed by atoms with Crippen molar-refractivity contribution in [3.63, 3.8) is 0 Å². The molecule has 3 aromatic rings. The highest BCUT2D eigenvalue weighted by atomic mass is 15.3. The van der Waals surface area contributed by atoms with Gasteiger partial charge < -0.3 is 10.7 Å². The van der Waals surface area contributed by atoms with Crippen LogP contribution in [-0.2, 0) is 13.0 Å². The maximum absolute atomic E-state index is 6.24. The third-order valence-corrected chi connectivity index (χ3v) is 3.51. The van der Waals surface area contributed by atoms with Gasteiger partial charge in [0.25, 0.3) is 0 Å². The van der Waals surface area contributed by atoms with Gasteiger partial charge in [0.2, 0.25) is 0 Å². The molecule has 0 bridgehead atoms. The van der Waals surface area contributed by atoms with Crippen molar-refractivity contribution in [2.75, 3.05) is 0 Å². The second-order valence-corrected chi connectivity index (χ2v) is 5.06. The van der Waals surface area contributed by atoms with Gasteiger partial charge >= 0.3 is 0 Å². The average molecular weight is 281 g/mol. The molecule has 0 aliphatic carbocycles. The summed E-state index contributed by atoms with van der Waals surface area (Å²) < 4.78 is 1.89. The Labute approximate surface area is 123 Å². The quantitative estimate of drug-likeness (QED) is 0.755. The van der Waals surface area contributed by atoms with Crippen LogP contribution >= 0.6 is 0 Å². The summed E-state index contributed by atoms with van der Waals surface area (Å²) in [6.45, 7) is 2.92. The van der Waals surface area contributed by atoms with E-state index < -0.39 is 0 Å². The van der Waals surface area contributed by atoms with Crippen molar-refractivity contribution < 1.29 is 0 Å². The molecule has 3 rings (SSSR count). The van der Waals surface area contributed by atoms with Crippen LogP contribution in [0, 0.1) is 0 Å². The number of hydrogen-bond donors (Lipinski definition) is 2. The van der Waals surface area contributed by atoms with Gasteiger partial charge in [-0.2, -0.15) is 5.10 Å². The van der Waals surface area contributed by atoms with Crippen LogP contribution in [0.25, 0.3) is 11.3 Å². The SMILES string of the molecule is CCn1cc(-c2cnc(C(N)Cc3ccccc3)[nH]2)cn1. The number of aromatic amines is 1. The standard InChI is InChI=1S/C16H19N5/c1-2-21-11-13(9-19-21)15-10-18-16(20-15)14(17)8-12-6-4-3-5-7-12/h3-7,9-11,14H,2,8,17H2,1H3,(H,18,20). The van der Waals surface area contributed by atoms with Crippen LogP contribution in [0.5, 0.6) is 0 Å². The molecule has 5 nitrogen and oxygen atoms in total. The van der Waals surface area contributed by atoms with Crippen molar-refractivity contribution in [2.45, 2.75) is 25.9 Å². The Morgan fingerprint density at radius 1 is 1.24 bits per heavy atom. The van der Waals surface area contributed by atoms with E-state index >= 15 is 0 Å². The number of benzene rings is 1. The number of aryl methyl sites for hydroxylation is 1. The van der Waals surface area contributed by atoms with Gasteiger partial charge in [0.1, 0.15) is 5.82 Å². The summed E-state index contributed by atoms with van der Waals surface area (Å²) in [5, 5.41) is 4.27. The molecule has 0 spiro atoms. The van der Waals surface area contributed by atoms with E-state index in [1.54, 1.807) is 0 Å². The van der Waals surface area contributed by atoms with E-state index in [1.807, 2.05) is 41.5 Å². The first-order valence-electron chi connectivity index (χ1n) is 7.13. The number of nitrogens with one attached hydrogen (secondary N) is 1. The van der Waals surface area contributed by atoms with E-state index in [9.17, 15) is 0 Å². The van der Waals surface area contributed by atoms with Crippen LogP contribution in [-0.4, -0.2) is 19.7 Å². The molecule has 3 N–H and O–H groups in total. The third-order valence-electron chi connectivity index (χ3n) is 3.51. The molecule has 0 aliphatic heterocycles. The van der Waals surface area contributed by atoms with Crippen molar-refractivity contribution in [3.05, 3.63) is 60.3 Å².